The highest BCUT2D eigenvalue weighted by Gasteiger charge is 2.37. The van der Waals surface area contributed by atoms with E-state index in [0.717, 1.165) is 17.6 Å². The number of cyclic esters (lactones) is 1. The third-order valence-corrected chi connectivity index (χ3v) is 10.5. The van der Waals surface area contributed by atoms with Gasteiger partial charge in [0.2, 0.25) is 5.91 Å². The zero-order valence-corrected chi connectivity index (χ0v) is 35.4. The zero-order chi connectivity index (χ0) is 43.6. The number of aliphatic hydroxyl groups excluding tert-OH is 1. The number of hydrogen-bond donors (Lipinski definition) is 5. The van der Waals surface area contributed by atoms with E-state index in [1.807, 2.05) is 69.4 Å². The van der Waals surface area contributed by atoms with Crippen LogP contribution in [0.1, 0.15) is 95.6 Å². The molecule has 2 aliphatic heterocycles. The Morgan fingerprint density at radius 2 is 1.88 bits per heavy atom. The van der Waals surface area contributed by atoms with Gasteiger partial charge in [0.05, 0.1) is 41.9 Å². The molecule has 0 bridgehead atoms. The summed E-state index contributed by atoms with van der Waals surface area (Å²) in [5.74, 6) is -1.97. The fourth-order valence-electron chi connectivity index (χ4n) is 7.15. The summed E-state index contributed by atoms with van der Waals surface area (Å²) in [5, 5.41) is 34.6. The number of esters is 1. The SMILES string of the molecule is C/C=C/[C@@H]1O[C@H](C(/C=C/C=C(\C)CC(C)/C=C(C)\C=C\[C@H]2CC=CC(=O)O2)NC(=O)CCc2cn(-c3ccc(C(=O)NC(CCCCN)C(=O)O)cc3)nn2)C[C@@H](O)[C@@H]1C. The van der Waals surface area contributed by atoms with Crippen LogP contribution in [-0.4, -0.2) is 92.0 Å². The number of aryl methyl sites for hydroxylation is 1. The third kappa shape index (κ3) is 15.3. The first-order valence-corrected chi connectivity index (χ1v) is 20.8. The molecule has 0 aliphatic carbocycles. The van der Waals surface area contributed by atoms with Gasteiger partial charge in [-0.3, -0.25) is 9.59 Å². The first kappa shape index (κ1) is 47.2. The van der Waals surface area contributed by atoms with Crippen LogP contribution in [0.2, 0.25) is 0 Å². The van der Waals surface area contributed by atoms with Gasteiger partial charge in [-0.05, 0) is 89.3 Å². The van der Waals surface area contributed by atoms with Crippen molar-refractivity contribution in [3.8, 4) is 5.69 Å². The normalized spacial score (nSPS) is 22.9. The third-order valence-electron chi connectivity index (χ3n) is 10.5. The molecular formula is C46H62N6O8. The van der Waals surface area contributed by atoms with Crippen molar-refractivity contribution in [1.29, 1.82) is 0 Å². The number of unbranched alkanes of at least 4 members (excludes halogenated alkanes) is 1. The fourth-order valence-corrected chi connectivity index (χ4v) is 7.15. The summed E-state index contributed by atoms with van der Waals surface area (Å²) in [4.78, 5) is 49.3. The lowest BCUT2D eigenvalue weighted by atomic mass is 9.87. The molecule has 8 atom stereocenters. The van der Waals surface area contributed by atoms with Crippen molar-refractivity contribution in [3.63, 3.8) is 0 Å². The average Bonchev–Trinajstić information content (AvgIpc) is 3.69. The highest BCUT2D eigenvalue weighted by atomic mass is 16.5. The van der Waals surface area contributed by atoms with Crippen LogP contribution < -0.4 is 16.4 Å². The minimum atomic E-state index is -1.10. The molecule has 1 aromatic heterocycles. The first-order chi connectivity index (χ1) is 28.8. The summed E-state index contributed by atoms with van der Waals surface area (Å²) in [6, 6.07) is 5.03. The lowest BCUT2D eigenvalue weighted by Gasteiger charge is -2.39. The van der Waals surface area contributed by atoms with Gasteiger partial charge in [-0.15, -0.1) is 5.10 Å². The summed E-state index contributed by atoms with van der Waals surface area (Å²) in [7, 11) is 0. The highest BCUT2D eigenvalue weighted by Crippen LogP contribution is 2.29. The summed E-state index contributed by atoms with van der Waals surface area (Å²) in [6.45, 7) is 10.6. The van der Waals surface area contributed by atoms with Crippen molar-refractivity contribution in [2.75, 3.05) is 6.54 Å². The Bertz CT molecular complexity index is 1930. The molecular weight excluding hydrogens is 765 g/mol. The molecule has 0 radical (unpaired) electrons. The van der Waals surface area contributed by atoms with E-state index < -0.39 is 36.2 Å². The molecule has 1 fully saturated rings. The second-order valence-corrected chi connectivity index (χ2v) is 15.7. The number of aliphatic hydroxyl groups is 1. The topological polar surface area (TPSA) is 208 Å². The van der Waals surface area contributed by atoms with Crippen molar-refractivity contribution in [2.45, 2.75) is 122 Å². The molecule has 6 N–H and O–H groups in total. The van der Waals surface area contributed by atoms with E-state index in [2.05, 4.69) is 40.9 Å². The van der Waals surface area contributed by atoms with E-state index in [-0.39, 0.29) is 48.8 Å². The molecule has 2 amide bonds. The second-order valence-electron chi connectivity index (χ2n) is 15.7. The number of aromatic nitrogens is 3. The number of nitrogens with zero attached hydrogens (tertiary/aromatic N) is 3. The Kier molecular flexibility index (Phi) is 18.9. The van der Waals surface area contributed by atoms with Gasteiger partial charge < -0.3 is 36.1 Å². The lowest BCUT2D eigenvalue weighted by molar-refractivity contribution is -0.142. The van der Waals surface area contributed by atoms with Gasteiger partial charge in [0.15, 0.2) is 0 Å². The van der Waals surface area contributed by atoms with Crippen LogP contribution in [0.3, 0.4) is 0 Å². The maximum absolute atomic E-state index is 13.4. The van der Waals surface area contributed by atoms with E-state index >= 15 is 0 Å². The number of carboxylic acid groups (broad SMARTS) is 1. The number of benzene rings is 1. The molecule has 1 aromatic carbocycles. The number of hydrogen-bond acceptors (Lipinski definition) is 10. The summed E-state index contributed by atoms with van der Waals surface area (Å²) < 4.78 is 13.3. The number of aliphatic carboxylic acids is 1. The van der Waals surface area contributed by atoms with Gasteiger partial charge in [0.1, 0.15) is 12.1 Å². The molecule has 3 unspecified atom stereocenters. The van der Waals surface area contributed by atoms with Crippen molar-refractivity contribution in [1.82, 2.24) is 25.6 Å². The number of rotatable bonds is 21. The minimum Gasteiger partial charge on any atom is -0.480 e. The second kappa shape index (κ2) is 24.0. The van der Waals surface area contributed by atoms with Gasteiger partial charge in [0.25, 0.3) is 5.91 Å². The number of carboxylic acids is 1. The molecule has 4 rings (SSSR count). The van der Waals surface area contributed by atoms with Gasteiger partial charge in [-0.2, -0.15) is 0 Å². The van der Waals surface area contributed by atoms with E-state index in [0.29, 0.717) is 55.6 Å². The van der Waals surface area contributed by atoms with E-state index in [1.54, 1.807) is 35.1 Å². The Labute approximate surface area is 353 Å². The van der Waals surface area contributed by atoms with Gasteiger partial charge in [-0.1, -0.05) is 78.8 Å². The van der Waals surface area contributed by atoms with Crippen molar-refractivity contribution in [2.24, 2.45) is 17.6 Å². The lowest BCUT2D eigenvalue weighted by Crippen LogP contribution is -2.51. The number of nitrogens with one attached hydrogen (secondary N) is 2. The number of ether oxygens (including phenoxy) is 2. The number of allylic oxidation sites excluding steroid dienone is 7. The maximum Gasteiger partial charge on any atom is 0.331 e. The monoisotopic (exact) mass is 826 g/mol. The number of nitrogens with two attached hydrogens (primary N) is 1. The van der Waals surface area contributed by atoms with E-state index in [1.165, 1.54) is 6.08 Å². The number of amides is 2. The van der Waals surface area contributed by atoms with Gasteiger partial charge in [0, 0.05) is 43.2 Å². The van der Waals surface area contributed by atoms with Gasteiger partial charge >= 0.3 is 11.9 Å². The van der Waals surface area contributed by atoms with Crippen LogP contribution in [0.5, 0.6) is 0 Å². The first-order valence-electron chi connectivity index (χ1n) is 20.8. The summed E-state index contributed by atoms with van der Waals surface area (Å²) in [6.07, 6.45) is 23.0. The van der Waals surface area contributed by atoms with Crippen LogP contribution in [0.25, 0.3) is 5.69 Å². The van der Waals surface area contributed by atoms with E-state index in [4.69, 9.17) is 15.2 Å². The van der Waals surface area contributed by atoms with E-state index in [9.17, 15) is 29.4 Å². The Morgan fingerprint density at radius 1 is 1.12 bits per heavy atom. The summed E-state index contributed by atoms with van der Waals surface area (Å²) >= 11 is 0. The zero-order valence-electron chi connectivity index (χ0n) is 35.4. The van der Waals surface area contributed by atoms with Crippen molar-refractivity contribution >= 4 is 23.8 Å². The average molecular weight is 827 g/mol. The van der Waals surface area contributed by atoms with Crippen LogP contribution >= 0.6 is 0 Å². The molecule has 2 aliphatic rings. The largest absolute Gasteiger partial charge is 0.480 e. The smallest absolute Gasteiger partial charge is 0.331 e. The Balaban J connectivity index is 1.37. The molecule has 1 saturated heterocycles. The predicted octanol–water partition coefficient (Wildman–Crippen LogP) is 5.63. The van der Waals surface area contributed by atoms with Crippen LogP contribution in [-0.2, 0) is 30.3 Å². The van der Waals surface area contributed by atoms with Crippen molar-refractivity contribution in [3.05, 3.63) is 114 Å². The van der Waals surface area contributed by atoms with Crippen LogP contribution in [0.4, 0.5) is 0 Å². The quantitative estimate of drug-likeness (QED) is 0.0451. The Morgan fingerprint density at radius 3 is 2.58 bits per heavy atom. The molecule has 0 spiro atoms. The highest BCUT2D eigenvalue weighted by molar-refractivity contribution is 5.96. The van der Waals surface area contributed by atoms with Gasteiger partial charge in [-0.25, -0.2) is 14.3 Å². The standard InChI is InChI=1S/C46H62N6O8/c1-6-11-41-33(5)40(53)28-42(60-41)38(15-9-12-30(2)26-32(4)27-31(3)17-23-37-13-10-16-44(55)59-37)48-43(54)24-20-35-29-52(51-50-35)36-21-18-34(19-22-36)45(56)49-39(46(57)58)14-7-8-25-47/h6,9-12,15-19,21-23,27,29,32-33,37-42,53H,7-8,13-14,20,24-26,28,47H2,1-5H3,(H,48,54)(H,49,56)(H,57,58)/b11-6+,15-9+,23-17+,30-12+,31-27-/t32?,33-,37+,38?,39?,40+,41-,42-/m0/s1. The minimum absolute atomic E-state index is 0.0980. The molecule has 2 aromatic rings. The molecule has 14 heteroatoms. The maximum atomic E-state index is 13.4. The molecule has 3 heterocycles. The molecule has 60 heavy (non-hydrogen) atoms. The predicted molar refractivity (Wildman–Crippen MR) is 230 cm³/mol. The van der Waals surface area contributed by atoms with Crippen LogP contribution in [0.15, 0.2) is 102 Å². The van der Waals surface area contributed by atoms with Crippen molar-refractivity contribution < 1.29 is 38.9 Å². The molecule has 14 nitrogen and oxygen atoms in total. The number of carbonyl (C=O) groups excluding carboxylic acids is 3. The molecule has 324 valence electrons. The molecule has 0 saturated carbocycles. The Hall–Kier alpha value is -5.44. The summed E-state index contributed by atoms with van der Waals surface area (Å²) in [5.41, 5.74) is 9.27. The van der Waals surface area contributed by atoms with Crippen LogP contribution in [0, 0.1) is 11.8 Å². The fraction of sp³-hybridized carbons (Fsp3) is 0.478. The number of carbonyl (C=O) groups is 4.